The van der Waals surface area contributed by atoms with Crippen LogP contribution in [-0.2, 0) is 4.79 Å². The zero-order valence-corrected chi connectivity index (χ0v) is 16.2. The molecule has 0 atom stereocenters. The van der Waals surface area contributed by atoms with Gasteiger partial charge in [0.15, 0.2) is 0 Å². The van der Waals surface area contributed by atoms with Gasteiger partial charge in [-0.15, -0.1) is 0 Å². The Kier molecular flexibility index (Phi) is 6.10. The van der Waals surface area contributed by atoms with E-state index in [1.54, 1.807) is 0 Å². The minimum atomic E-state index is 0.0754. The first-order chi connectivity index (χ1) is 12.5. The molecule has 1 aliphatic carbocycles. The van der Waals surface area contributed by atoms with Crippen molar-refractivity contribution in [1.29, 1.82) is 0 Å². The molecule has 3 heteroatoms. The third-order valence-corrected chi connectivity index (χ3v) is 5.86. The van der Waals surface area contributed by atoms with E-state index in [0.717, 1.165) is 24.1 Å². The normalized spacial score (nSPS) is 20.2. The number of benzene rings is 2. The predicted octanol–water partition coefficient (Wildman–Crippen LogP) is 4.90. The quantitative estimate of drug-likeness (QED) is 0.832. The lowest BCUT2D eigenvalue weighted by Gasteiger charge is -2.34. The van der Waals surface area contributed by atoms with Gasteiger partial charge in [-0.2, -0.15) is 0 Å². The number of hydrogen-bond acceptors (Lipinski definition) is 2. The molecule has 1 N–H and O–H groups in total. The zero-order chi connectivity index (χ0) is 18.5. The van der Waals surface area contributed by atoms with Gasteiger partial charge in [0, 0.05) is 11.7 Å². The first-order valence-electron chi connectivity index (χ1n) is 9.66. The topological polar surface area (TPSA) is 32.3 Å². The minimum absolute atomic E-state index is 0.0754. The van der Waals surface area contributed by atoms with E-state index >= 15 is 0 Å². The lowest BCUT2D eigenvalue weighted by molar-refractivity contribution is -0.117. The summed E-state index contributed by atoms with van der Waals surface area (Å²) in [7, 11) is 2.08. The summed E-state index contributed by atoms with van der Waals surface area (Å²) in [5.41, 5.74) is 4.74. The number of rotatable bonds is 5. The van der Waals surface area contributed by atoms with Crippen LogP contribution in [0.5, 0.6) is 0 Å². The van der Waals surface area contributed by atoms with Gasteiger partial charge >= 0.3 is 0 Å². The molecule has 0 heterocycles. The zero-order valence-electron chi connectivity index (χ0n) is 16.2. The van der Waals surface area contributed by atoms with Crippen molar-refractivity contribution in [3.63, 3.8) is 0 Å². The Morgan fingerprint density at radius 1 is 1.00 bits per heavy atom. The Morgan fingerprint density at radius 3 is 2.38 bits per heavy atom. The first kappa shape index (κ1) is 18.7. The van der Waals surface area contributed by atoms with Crippen molar-refractivity contribution < 1.29 is 4.79 Å². The van der Waals surface area contributed by atoms with E-state index in [-0.39, 0.29) is 5.91 Å². The number of hydrogen-bond donors (Lipinski definition) is 1. The maximum atomic E-state index is 12.5. The minimum Gasteiger partial charge on any atom is -0.325 e. The molecule has 0 aromatic heterocycles. The van der Waals surface area contributed by atoms with Gasteiger partial charge in [0.1, 0.15) is 0 Å². The predicted molar refractivity (Wildman–Crippen MR) is 109 cm³/mol. The highest BCUT2D eigenvalue weighted by molar-refractivity contribution is 5.93. The second kappa shape index (κ2) is 8.50. The molecule has 0 unspecified atom stereocenters. The molecule has 1 fully saturated rings. The van der Waals surface area contributed by atoms with Crippen molar-refractivity contribution in [1.82, 2.24) is 4.90 Å². The van der Waals surface area contributed by atoms with E-state index < -0.39 is 0 Å². The molecule has 2 aromatic rings. The van der Waals surface area contributed by atoms with Gasteiger partial charge in [0.2, 0.25) is 5.91 Å². The van der Waals surface area contributed by atoms with E-state index in [4.69, 9.17) is 0 Å². The van der Waals surface area contributed by atoms with E-state index in [0.29, 0.717) is 18.5 Å². The molecule has 1 aliphatic rings. The van der Waals surface area contributed by atoms with Gasteiger partial charge in [-0.1, -0.05) is 42.5 Å². The fourth-order valence-electron chi connectivity index (χ4n) is 4.01. The van der Waals surface area contributed by atoms with E-state index in [9.17, 15) is 4.79 Å². The van der Waals surface area contributed by atoms with Crippen LogP contribution in [-0.4, -0.2) is 30.4 Å². The highest BCUT2D eigenvalue weighted by Crippen LogP contribution is 2.34. The average Bonchev–Trinajstić information content (AvgIpc) is 2.66. The molecule has 0 saturated heterocycles. The van der Waals surface area contributed by atoms with Crippen molar-refractivity contribution in [2.75, 3.05) is 18.9 Å². The fraction of sp³-hybridized carbons (Fsp3) is 0.435. The van der Waals surface area contributed by atoms with Crippen LogP contribution in [0.4, 0.5) is 5.69 Å². The van der Waals surface area contributed by atoms with Crippen LogP contribution in [0, 0.1) is 13.8 Å². The van der Waals surface area contributed by atoms with Gasteiger partial charge in [-0.3, -0.25) is 9.69 Å². The summed E-state index contributed by atoms with van der Waals surface area (Å²) >= 11 is 0. The Labute approximate surface area is 157 Å². The Balaban J connectivity index is 1.50. The standard InChI is InChI=1S/C23H30N2O/c1-17-8-7-11-22(18(17)2)24-23(26)16-25(3)21-14-12-20(13-15-21)19-9-5-4-6-10-19/h4-11,20-21H,12-16H2,1-3H3,(H,24,26). The summed E-state index contributed by atoms with van der Waals surface area (Å²) < 4.78 is 0. The molecule has 0 radical (unpaired) electrons. The van der Waals surface area contributed by atoms with Gasteiger partial charge in [-0.05, 0) is 75.3 Å². The van der Waals surface area contributed by atoms with Crippen LogP contribution in [0.3, 0.4) is 0 Å². The molecular weight excluding hydrogens is 320 g/mol. The third kappa shape index (κ3) is 4.53. The van der Waals surface area contributed by atoms with Gasteiger partial charge in [0.25, 0.3) is 0 Å². The molecule has 3 nitrogen and oxygen atoms in total. The van der Waals surface area contributed by atoms with Crippen LogP contribution in [0.2, 0.25) is 0 Å². The average molecular weight is 351 g/mol. The number of nitrogens with one attached hydrogen (secondary N) is 1. The third-order valence-electron chi connectivity index (χ3n) is 5.86. The van der Waals surface area contributed by atoms with Crippen molar-refractivity contribution in [2.24, 2.45) is 0 Å². The molecular formula is C23H30N2O. The van der Waals surface area contributed by atoms with E-state index in [1.807, 2.05) is 12.1 Å². The largest absolute Gasteiger partial charge is 0.325 e. The highest BCUT2D eigenvalue weighted by atomic mass is 16.2. The highest BCUT2D eigenvalue weighted by Gasteiger charge is 2.25. The van der Waals surface area contributed by atoms with Crippen LogP contribution >= 0.6 is 0 Å². The van der Waals surface area contributed by atoms with E-state index in [1.165, 1.54) is 24.0 Å². The summed E-state index contributed by atoms with van der Waals surface area (Å²) in [5.74, 6) is 0.746. The molecule has 0 aliphatic heterocycles. The van der Waals surface area contributed by atoms with Gasteiger partial charge in [-0.25, -0.2) is 0 Å². The molecule has 26 heavy (non-hydrogen) atoms. The number of nitrogens with zero attached hydrogens (tertiary/aromatic N) is 1. The summed E-state index contributed by atoms with van der Waals surface area (Å²) in [6.45, 7) is 4.58. The molecule has 1 amide bonds. The van der Waals surface area contributed by atoms with Crippen LogP contribution in [0.25, 0.3) is 0 Å². The van der Waals surface area contributed by atoms with E-state index in [2.05, 4.69) is 67.5 Å². The van der Waals surface area contributed by atoms with Crippen molar-refractivity contribution >= 4 is 11.6 Å². The number of aryl methyl sites for hydroxylation is 1. The molecule has 2 aromatic carbocycles. The lowest BCUT2D eigenvalue weighted by Crippen LogP contribution is -2.40. The number of carbonyl (C=O) groups excluding carboxylic acids is 1. The molecule has 138 valence electrons. The lowest BCUT2D eigenvalue weighted by atomic mass is 9.81. The second-order valence-electron chi connectivity index (χ2n) is 7.63. The Bertz CT molecular complexity index is 733. The molecule has 3 rings (SSSR count). The maximum Gasteiger partial charge on any atom is 0.238 e. The number of anilines is 1. The summed E-state index contributed by atoms with van der Waals surface area (Å²) in [6.07, 6.45) is 4.73. The van der Waals surface area contributed by atoms with Crippen molar-refractivity contribution in [3.8, 4) is 0 Å². The number of likely N-dealkylation sites (N-methyl/N-ethyl adjacent to an activating group) is 1. The summed E-state index contributed by atoms with van der Waals surface area (Å²) in [5, 5.41) is 3.08. The van der Waals surface area contributed by atoms with Crippen molar-refractivity contribution in [2.45, 2.75) is 51.5 Å². The Morgan fingerprint density at radius 2 is 1.69 bits per heavy atom. The van der Waals surface area contributed by atoms with Crippen molar-refractivity contribution in [3.05, 3.63) is 65.2 Å². The summed E-state index contributed by atoms with van der Waals surface area (Å²) in [6, 6.07) is 17.4. The Hall–Kier alpha value is -2.13. The second-order valence-corrected chi connectivity index (χ2v) is 7.63. The number of amides is 1. The van der Waals surface area contributed by atoms with Gasteiger partial charge < -0.3 is 5.32 Å². The summed E-state index contributed by atoms with van der Waals surface area (Å²) in [4.78, 5) is 14.7. The van der Waals surface area contributed by atoms with Crippen LogP contribution in [0.1, 0.15) is 48.3 Å². The van der Waals surface area contributed by atoms with Crippen LogP contribution < -0.4 is 5.32 Å². The van der Waals surface area contributed by atoms with Crippen LogP contribution in [0.15, 0.2) is 48.5 Å². The monoisotopic (exact) mass is 350 g/mol. The number of carbonyl (C=O) groups is 1. The smallest absolute Gasteiger partial charge is 0.238 e. The maximum absolute atomic E-state index is 12.5. The molecule has 0 bridgehead atoms. The SMILES string of the molecule is Cc1cccc(NC(=O)CN(C)C2CCC(c3ccccc3)CC2)c1C. The first-order valence-corrected chi connectivity index (χ1v) is 9.66. The molecule has 1 saturated carbocycles. The van der Waals surface area contributed by atoms with Gasteiger partial charge in [0.05, 0.1) is 6.54 Å². The fourth-order valence-corrected chi connectivity index (χ4v) is 4.01. The molecule has 0 spiro atoms.